The first kappa shape index (κ1) is 14.7. The van der Waals surface area contributed by atoms with E-state index in [4.69, 9.17) is 11.6 Å². The van der Waals surface area contributed by atoms with E-state index < -0.39 is 5.82 Å². The van der Waals surface area contributed by atoms with Gasteiger partial charge in [0.15, 0.2) is 5.65 Å². The van der Waals surface area contributed by atoms with Crippen molar-refractivity contribution in [2.75, 3.05) is 0 Å². The number of rotatable bonds is 3. The summed E-state index contributed by atoms with van der Waals surface area (Å²) in [6.45, 7) is 4.16. The Morgan fingerprint density at radius 1 is 1.36 bits per heavy atom. The third-order valence-corrected chi connectivity index (χ3v) is 3.71. The summed E-state index contributed by atoms with van der Waals surface area (Å²) in [4.78, 5) is 16.8. The highest BCUT2D eigenvalue weighted by atomic mass is 35.5. The average molecular weight is 321 g/mol. The number of hydrogen-bond acceptors (Lipinski definition) is 3. The van der Waals surface area contributed by atoms with E-state index >= 15 is 0 Å². The molecule has 0 unspecified atom stereocenters. The maximum absolute atomic E-state index is 13.5. The van der Waals surface area contributed by atoms with Crippen molar-refractivity contribution in [3.05, 3.63) is 57.5 Å². The van der Waals surface area contributed by atoms with Gasteiger partial charge in [-0.15, -0.1) is 0 Å². The second-order valence-electron chi connectivity index (χ2n) is 5.35. The van der Waals surface area contributed by atoms with Gasteiger partial charge in [-0.05, 0) is 31.5 Å². The summed E-state index contributed by atoms with van der Waals surface area (Å²) < 4.78 is 16.6. The average Bonchev–Trinajstić information content (AvgIpc) is 2.91. The Balaban J connectivity index is 2.03. The van der Waals surface area contributed by atoms with Crippen LogP contribution in [0.3, 0.4) is 0 Å². The molecule has 3 rings (SSSR count). The summed E-state index contributed by atoms with van der Waals surface area (Å²) in [5.74, 6) is -0.506. The summed E-state index contributed by atoms with van der Waals surface area (Å²) in [6.07, 6.45) is 2.97. The molecule has 0 fully saturated rings. The highest BCUT2D eigenvalue weighted by Gasteiger charge is 2.12. The molecular weight excluding hydrogens is 307 g/mol. The second-order valence-corrected chi connectivity index (χ2v) is 5.75. The van der Waals surface area contributed by atoms with Crippen molar-refractivity contribution >= 4 is 22.6 Å². The Morgan fingerprint density at radius 3 is 2.82 bits per heavy atom. The lowest BCUT2D eigenvalue weighted by Crippen LogP contribution is -2.21. The third-order valence-electron chi connectivity index (χ3n) is 3.41. The van der Waals surface area contributed by atoms with Crippen LogP contribution in [-0.2, 0) is 6.54 Å². The molecule has 0 aliphatic heterocycles. The van der Waals surface area contributed by atoms with Gasteiger partial charge in [0.2, 0.25) is 0 Å². The zero-order valence-electron chi connectivity index (χ0n) is 12.1. The van der Waals surface area contributed by atoms with Crippen LogP contribution in [0.1, 0.15) is 25.5 Å². The Kier molecular flexibility index (Phi) is 3.70. The minimum Gasteiger partial charge on any atom is -0.294 e. The molecule has 0 radical (unpaired) electrons. The lowest BCUT2D eigenvalue weighted by molar-refractivity contribution is 0.545. The summed E-state index contributed by atoms with van der Waals surface area (Å²) in [7, 11) is 0. The molecule has 0 saturated carbocycles. The molecule has 2 heterocycles. The third kappa shape index (κ3) is 2.50. The Bertz CT molecular complexity index is 900. The van der Waals surface area contributed by atoms with Crippen molar-refractivity contribution < 1.29 is 4.39 Å². The highest BCUT2D eigenvalue weighted by molar-refractivity contribution is 6.30. The highest BCUT2D eigenvalue weighted by Crippen LogP contribution is 2.16. The molecule has 7 heteroatoms. The van der Waals surface area contributed by atoms with Crippen LogP contribution < -0.4 is 5.56 Å². The van der Waals surface area contributed by atoms with E-state index in [1.165, 1.54) is 29.2 Å². The summed E-state index contributed by atoms with van der Waals surface area (Å²) in [6, 6.07) is 4.58. The smallest absolute Gasteiger partial charge is 0.264 e. The van der Waals surface area contributed by atoms with Gasteiger partial charge >= 0.3 is 0 Å². The molecule has 0 aliphatic carbocycles. The van der Waals surface area contributed by atoms with E-state index in [-0.39, 0.29) is 23.2 Å². The number of hydrogen-bond donors (Lipinski definition) is 0. The fourth-order valence-electron chi connectivity index (χ4n) is 2.29. The molecule has 0 spiro atoms. The van der Waals surface area contributed by atoms with Gasteiger partial charge in [0, 0.05) is 6.04 Å². The lowest BCUT2D eigenvalue weighted by atomic mass is 10.2. The standard InChI is InChI=1S/C15H14ClFN4O/c1-9(2)21-14-11(6-19-21)15(22)20(8-18-14)7-10-3-4-12(16)13(17)5-10/h3-6,8-9H,7H2,1-2H3. The molecule has 5 nitrogen and oxygen atoms in total. The first-order valence-corrected chi connectivity index (χ1v) is 7.21. The van der Waals surface area contributed by atoms with Gasteiger partial charge < -0.3 is 0 Å². The minimum atomic E-state index is -0.506. The molecule has 0 saturated heterocycles. The quantitative estimate of drug-likeness (QED) is 0.745. The topological polar surface area (TPSA) is 52.7 Å². The maximum Gasteiger partial charge on any atom is 0.264 e. The molecule has 22 heavy (non-hydrogen) atoms. The van der Waals surface area contributed by atoms with Crippen molar-refractivity contribution in [3.63, 3.8) is 0 Å². The molecule has 0 atom stereocenters. The van der Waals surface area contributed by atoms with Crippen LogP contribution in [0.15, 0.2) is 35.5 Å². The van der Waals surface area contributed by atoms with Crippen LogP contribution in [0.2, 0.25) is 5.02 Å². The zero-order valence-corrected chi connectivity index (χ0v) is 12.9. The molecule has 114 valence electrons. The molecule has 0 N–H and O–H groups in total. The van der Waals surface area contributed by atoms with Gasteiger partial charge in [-0.25, -0.2) is 14.1 Å². The number of benzene rings is 1. The number of aromatic nitrogens is 4. The monoisotopic (exact) mass is 320 g/mol. The largest absolute Gasteiger partial charge is 0.294 e. The Morgan fingerprint density at radius 2 is 2.14 bits per heavy atom. The van der Waals surface area contributed by atoms with Gasteiger partial charge in [0.25, 0.3) is 5.56 Å². The Hall–Kier alpha value is -2.21. The van der Waals surface area contributed by atoms with E-state index in [0.717, 1.165) is 0 Å². The maximum atomic E-state index is 13.5. The van der Waals surface area contributed by atoms with Gasteiger partial charge in [-0.1, -0.05) is 17.7 Å². The van der Waals surface area contributed by atoms with E-state index in [1.54, 1.807) is 10.7 Å². The van der Waals surface area contributed by atoms with Crippen LogP contribution in [0.4, 0.5) is 4.39 Å². The molecule has 0 aliphatic rings. The second kappa shape index (κ2) is 5.53. The van der Waals surface area contributed by atoms with Crippen LogP contribution in [0.25, 0.3) is 11.0 Å². The predicted octanol–water partition coefficient (Wildman–Crippen LogP) is 3.01. The van der Waals surface area contributed by atoms with Crippen molar-refractivity contribution in [2.24, 2.45) is 0 Å². The van der Waals surface area contributed by atoms with Crippen LogP contribution in [0.5, 0.6) is 0 Å². The minimum absolute atomic E-state index is 0.0582. The van der Waals surface area contributed by atoms with E-state index in [0.29, 0.717) is 16.6 Å². The van der Waals surface area contributed by atoms with E-state index in [2.05, 4.69) is 10.1 Å². The number of halogens is 2. The summed E-state index contributed by atoms with van der Waals surface area (Å²) in [5.41, 5.74) is 0.993. The molecule has 3 aromatic rings. The van der Waals surface area contributed by atoms with E-state index in [9.17, 15) is 9.18 Å². The first-order chi connectivity index (χ1) is 10.5. The molecule has 0 bridgehead atoms. The fraction of sp³-hybridized carbons (Fsp3) is 0.267. The Labute approximate surface area is 131 Å². The molecule has 1 aromatic carbocycles. The van der Waals surface area contributed by atoms with Crippen molar-refractivity contribution in [1.29, 1.82) is 0 Å². The van der Waals surface area contributed by atoms with Crippen molar-refractivity contribution in [3.8, 4) is 0 Å². The lowest BCUT2D eigenvalue weighted by Gasteiger charge is -2.08. The van der Waals surface area contributed by atoms with Gasteiger partial charge in [-0.2, -0.15) is 5.10 Å². The van der Waals surface area contributed by atoms with Crippen molar-refractivity contribution in [1.82, 2.24) is 19.3 Å². The predicted molar refractivity (Wildman–Crippen MR) is 82.7 cm³/mol. The van der Waals surface area contributed by atoms with Gasteiger partial charge in [0.1, 0.15) is 17.5 Å². The van der Waals surface area contributed by atoms with Crippen molar-refractivity contribution in [2.45, 2.75) is 26.4 Å². The first-order valence-electron chi connectivity index (χ1n) is 6.84. The molecule has 2 aromatic heterocycles. The summed E-state index contributed by atoms with van der Waals surface area (Å²) in [5, 5.41) is 4.70. The molecular formula is C15H14ClFN4O. The zero-order chi connectivity index (χ0) is 15.9. The van der Waals surface area contributed by atoms with Crippen LogP contribution >= 0.6 is 11.6 Å². The van der Waals surface area contributed by atoms with Gasteiger partial charge in [-0.3, -0.25) is 9.36 Å². The van der Waals surface area contributed by atoms with Crippen LogP contribution in [0, 0.1) is 5.82 Å². The van der Waals surface area contributed by atoms with Crippen LogP contribution in [-0.4, -0.2) is 19.3 Å². The SMILES string of the molecule is CC(C)n1ncc2c(=O)n(Cc3ccc(Cl)c(F)c3)cnc21. The summed E-state index contributed by atoms with van der Waals surface area (Å²) >= 11 is 5.66. The fourth-order valence-corrected chi connectivity index (χ4v) is 2.41. The normalized spacial score (nSPS) is 11.5. The number of fused-ring (bicyclic) bond motifs is 1. The van der Waals surface area contributed by atoms with Gasteiger partial charge in [0.05, 0.1) is 17.8 Å². The number of nitrogens with zero attached hydrogens (tertiary/aromatic N) is 4. The van der Waals surface area contributed by atoms with E-state index in [1.807, 2.05) is 13.8 Å². The molecule has 0 amide bonds.